The molecule has 1 aromatic heterocycles. The molecule has 0 saturated heterocycles. The van der Waals surface area contributed by atoms with Crippen molar-refractivity contribution in [2.75, 3.05) is 4.72 Å². The monoisotopic (exact) mass is 357 g/mol. The van der Waals surface area contributed by atoms with Gasteiger partial charge < -0.3 is 0 Å². The van der Waals surface area contributed by atoms with Crippen molar-refractivity contribution in [1.82, 2.24) is 0 Å². The molecule has 0 aliphatic rings. The van der Waals surface area contributed by atoms with Crippen molar-refractivity contribution in [2.24, 2.45) is 0 Å². The topological polar surface area (TPSA) is 46.2 Å². The Kier molecular flexibility index (Phi) is 4.65. The molecule has 0 amide bonds. The second kappa shape index (κ2) is 6.87. The third-order valence-corrected chi connectivity index (χ3v) is 5.27. The molecule has 0 atom stereocenters. The first-order chi connectivity index (χ1) is 11.5. The first kappa shape index (κ1) is 16.2. The molecule has 3 nitrogen and oxygen atoms in total. The Bertz CT molecular complexity index is 999. The molecule has 120 valence electrons. The number of hydrogen-bond acceptors (Lipinski definition) is 3. The van der Waals surface area contributed by atoms with Gasteiger partial charge in [-0.15, -0.1) is 11.3 Å². The van der Waals surface area contributed by atoms with E-state index >= 15 is 0 Å². The molecule has 6 heteroatoms. The smallest absolute Gasteiger partial charge is 0.261 e. The summed E-state index contributed by atoms with van der Waals surface area (Å²) in [5.74, 6) is 5.53. The molecule has 0 radical (unpaired) electrons. The lowest BCUT2D eigenvalue weighted by molar-refractivity contribution is 0.599. The van der Waals surface area contributed by atoms with Gasteiger partial charge in [0.15, 0.2) is 0 Å². The highest BCUT2D eigenvalue weighted by atomic mass is 32.2. The summed E-state index contributed by atoms with van der Waals surface area (Å²) >= 11 is 1.54. The number of anilines is 1. The van der Waals surface area contributed by atoms with E-state index in [-0.39, 0.29) is 4.90 Å². The molecule has 3 aromatic rings. The van der Waals surface area contributed by atoms with Gasteiger partial charge in [0.05, 0.1) is 15.5 Å². The zero-order valence-corrected chi connectivity index (χ0v) is 14.0. The van der Waals surface area contributed by atoms with Crippen molar-refractivity contribution in [3.05, 3.63) is 82.3 Å². The highest BCUT2D eigenvalue weighted by molar-refractivity contribution is 7.92. The predicted molar refractivity (Wildman–Crippen MR) is 93.9 cm³/mol. The van der Waals surface area contributed by atoms with Crippen LogP contribution in [0.4, 0.5) is 10.1 Å². The standard InChI is InChI=1S/C18H12FNO2S2/c19-15-7-10-18(11-8-15)24(21,22)20-16-4-1-3-14(13-16)6-9-17-5-2-12-23-17/h1-5,7-8,10-13,20H. The summed E-state index contributed by atoms with van der Waals surface area (Å²) in [4.78, 5) is 0.936. The van der Waals surface area contributed by atoms with Crippen molar-refractivity contribution in [3.8, 4) is 11.8 Å². The first-order valence-electron chi connectivity index (χ1n) is 6.97. The van der Waals surface area contributed by atoms with Gasteiger partial charge in [-0.05, 0) is 53.9 Å². The Morgan fingerprint density at radius 1 is 0.958 bits per heavy atom. The van der Waals surface area contributed by atoms with Gasteiger partial charge in [0.1, 0.15) is 5.82 Å². The van der Waals surface area contributed by atoms with Crippen molar-refractivity contribution in [1.29, 1.82) is 0 Å². The molecule has 0 unspecified atom stereocenters. The molecular weight excluding hydrogens is 345 g/mol. The van der Waals surface area contributed by atoms with Crippen molar-refractivity contribution < 1.29 is 12.8 Å². The third-order valence-electron chi connectivity index (χ3n) is 3.09. The quantitative estimate of drug-likeness (QED) is 0.718. The average Bonchev–Trinajstić information content (AvgIpc) is 3.07. The lowest BCUT2D eigenvalue weighted by Crippen LogP contribution is -2.12. The minimum atomic E-state index is -3.77. The van der Waals surface area contributed by atoms with Crippen molar-refractivity contribution in [2.45, 2.75) is 4.90 Å². The molecule has 1 heterocycles. The van der Waals surface area contributed by atoms with Crippen LogP contribution in [0.15, 0.2) is 70.9 Å². The molecule has 0 spiro atoms. The zero-order chi connectivity index (χ0) is 17.0. The third kappa shape index (κ3) is 4.02. The average molecular weight is 357 g/mol. The number of sulfonamides is 1. The molecule has 0 saturated carbocycles. The minimum Gasteiger partial charge on any atom is -0.280 e. The van der Waals surface area contributed by atoms with Crippen molar-refractivity contribution in [3.63, 3.8) is 0 Å². The largest absolute Gasteiger partial charge is 0.280 e. The number of benzene rings is 2. The first-order valence-corrected chi connectivity index (χ1v) is 9.33. The highest BCUT2D eigenvalue weighted by Gasteiger charge is 2.14. The number of rotatable bonds is 3. The van der Waals surface area contributed by atoms with Crippen LogP contribution < -0.4 is 4.72 Å². The minimum absolute atomic E-state index is 0.000951. The Hall–Kier alpha value is -2.62. The number of hydrogen-bond donors (Lipinski definition) is 1. The molecule has 0 aliphatic heterocycles. The van der Waals surface area contributed by atoms with E-state index in [4.69, 9.17) is 0 Å². The maximum atomic E-state index is 12.9. The molecule has 0 aliphatic carbocycles. The van der Waals surface area contributed by atoms with Gasteiger partial charge in [-0.25, -0.2) is 12.8 Å². The fourth-order valence-corrected chi connectivity index (χ4v) is 3.59. The lowest BCUT2D eigenvalue weighted by Gasteiger charge is -2.08. The Labute approximate surface area is 143 Å². The van der Waals surface area contributed by atoms with Gasteiger partial charge in [-0.1, -0.05) is 24.0 Å². The van der Waals surface area contributed by atoms with Gasteiger partial charge in [0, 0.05) is 5.56 Å². The zero-order valence-electron chi connectivity index (χ0n) is 12.4. The molecule has 0 bridgehead atoms. The van der Waals surface area contributed by atoms with E-state index in [2.05, 4.69) is 16.6 Å². The van der Waals surface area contributed by atoms with Gasteiger partial charge in [0.2, 0.25) is 0 Å². The fraction of sp³-hybridized carbons (Fsp3) is 0. The molecule has 3 rings (SSSR count). The van der Waals surface area contributed by atoms with Crippen LogP contribution in [0.5, 0.6) is 0 Å². The van der Waals surface area contributed by atoms with E-state index in [1.807, 2.05) is 17.5 Å². The van der Waals surface area contributed by atoms with E-state index in [1.54, 1.807) is 24.3 Å². The van der Waals surface area contributed by atoms with Gasteiger partial charge in [-0.2, -0.15) is 0 Å². The summed E-state index contributed by atoms with van der Waals surface area (Å²) in [6, 6.07) is 15.3. The van der Waals surface area contributed by atoms with E-state index in [1.165, 1.54) is 23.5 Å². The summed E-state index contributed by atoms with van der Waals surface area (Å²) < 4.78 is 40.0. The highest BCUT2D eigenvalue weighted by Crippen LogP contribution is 2.17. The van der Waals surface area contributed by atoms with Crippen LogP contribution in [0.1, 0.15) is 10.4 Å². The van der Waals surface area contributed by atoms with Crippen LogP contribution in [-0.4, -0.2) is 8.42 Å². The van der Waals surface area contributed by atoms with Gasteiger partial charge in [0.25, 0.3) is 10.0 Å². The predicted octanol–water partition coefficient (Wildman–Crippen LogP) is 4.09. The summed E-state index contributed by atoms with van der Waals surface area (Å²) in [5.41, 5.74) is 1.10. The van der Waals surface area contributed by atoms with Crippen LogP contribution in [-0.2, 0) is 10.0 Å². The number of nitrogens with one attached hydrogen (secondary N) is 1. The number of thiophene rings is 1. The second-order valence-electron chi connectivity index (χ2n) is 4.87. The maximum Gasteiger partial charge on any atom is 0.261 e. The molecule has 24 heavy (non-hydrogen) atoms. The van der Waals surface area contributed by atoms with Gasteiger partial charge >= 0.3 is 0 Å². The van der Waals surface area contributed by atoms with Gasteiger partial charge in [-0.3, -0.25) is 4.72 Å². The summed E-state index contributed by atoms with van der Waals surface area (Å²) in [7, 11) is -3.77. The summed E-state index contributed by atoms with van der Waals surface area (Å²) in [6.07, 6.45) is 0. The Morgan fingerprint density at radius 3 is 2.46 bits per heavy atom. The summed E-state index contributed by atoms with van der Waals surface area (Å²) in [5, 5.41) is 1.94. The van der Waals surface area contributed by atoms with E-state index in [0.717, 1.165) is 17.0 Å². The van der Waals surface area contributed by atoms with Crippen LogP contribution in [0.3, 0.4) is 0 Å². The maximum absolute atomic E-state index is 12.9. The molecular formula is C18H12FNO2S2. The van der Waals surface area contributed by atoms with E-state index in [9.17, 15) is 12.8 Å². The van der Waals surface area contributed by atoms with E-state index < -0.39 is 15.8 Å². The Balaban J connectivity index is 1.83. The van der Waals surface area contributed by atoms with Crippen LogP contribution in [0.25, 0.3) is 0 Å². The molecule has 2 aromatic carbocycles. The second-order valence-corrected chi connectivity index (χ2v) is 7.50. The molecule has 1 N–H and O–H groups in total. The fourth-order valence-electron chi connectivity index (χ4n) is 1.97. The van der Waals surface area contributed by atoms with Crippen molar-refractivity contribution >= 4 is 27.0 Å². The van der Waals surface area contributed by atoms with E-state index in [0.29, 0.717) is 11.3 Å². The van der Waals surface area contributed by atoms with Crippen LogP contribution >= 0.6 is 11.3 Å². The summed E-state index contributed by atoms with van der Waals surface area (Å²) in [6.45, 7) is 0. The van der Waals surface area contributed by atoms with Crippen LogP contribution in [0.2, 0.25) is 0 Å². The SMILES string of the molecule is O=S(=O)(Nc1cccc(C#Cc2cccs2)c1)c1ccc(F)cc1. The molecule has 0 fully saturated rings. The van der Waals surface area contributed by atoms with Crippen LogP contribution in [0, 0.1) is 17.7 Å². The normalized spacial score (nSPS) is 10.7. The number of halogens is 1. The lowest BCUT2D eigenvalue weighted by atomic mass is 10.2. The Morgan fingerprint density at radius 2 is 1.75 bits per heavy atom.